The zero-order chi connectivity index (χ0) is 19.1. The summed E-state index contributed by atoms with van der Waals surface area (Å²) in [7, 11) is 3.09. The first kappa shape index (κ1) is 17.8. The standard InChI is InChI=1S/C18H20FN5O2S/c1-21-15-14(16(25)22(2)18(21)26)24(11-12-3-5-13(19)6-4-12)17(20-15)23-7-9-27-10-8-23/h3-6H,7-11H2,1-2H3. The van der Waals surface area contributed by atoms with Gasteiger partial charge in [0.1, 0.15) is 5.82 Å². The van der Waals surface area contributed by atoms with Crippen LogP contribution in [0.4, 0.5) is 10.3 Å². The molecular weight excluding hydrogens is 369 g/mol. The van der Waals surface area contributed by atoms with Crippen LogP contribution in [0.1, 0.15) is 5.56 Å². The van der Waals surface area contributed by atoms with Gasteiger partial charge in [-0.05, 0) is 17.7 Å². The van der Waals surface area contributed by atoms with Crippen molar-refractivity contribution in [1.29, 1.82) is 0 Å². The molecule has 0 atom stereocenters. The largest absolute Gasteiger partial charge is 0.341 e. The van der Waals surface area contributed by atoms with Crippen LogP contribution in [0.2, 0.25) is 0 Å². The Labute approximate surface area is 159 Å². The number of anilines is 1. The molecule has 1 aliphatic heterocycles. The predicted octanol–water partition coefficient (Wildman–Crippen LogP) is 1.17. The maximum atomic E-state index is 13.3. The van der Waals surface area contributed by atoms with E-state index in [9.17, 15) is 14.0 Å². The number of halogens is 1. The maximum absolute atomic E-state index is 13.3. The number of aromatic nitrogens is 4. The summed E-state index contributed by atoms with van der Waals surface area (Å²) in [5.41, 5.74) is 0.842. The molecule has 0 aliphatic carbocycles. The number of imidazole rings is 1. The molecule has 2 aromatic heterocycles. The second-order valence-corrected chi connectivity index (χ2v) is 7.83. The fourth-order valence-corrected chi connectivity index (χ4v) is 4.27. The topological polar surface area (TPSA) is 65.1 Å². The van der Waals surface area contributed by atoms with Crippen LogP contribution in [-0.2, 0) is 20.6 Å². The number of hydrogen-bond acceptors (Lipinski definition) is 5. The van der Waals surface area contributed by atoms with E-state index in [0.29, 0.717) is 23.7 Å². The van der Waals surface area contributed by atoms with Gasteiger partial charge in [0.05, 0.1) is 6.54 Å². The van der Waals surface area contributed by atoms with E-state index in [1.807, 2.05) is 16.3 Å². The number of rotatable bonds is 3. The van der Waals surface area contributed by atoms with Gasteiger partial charge in [0, 0.05) is 38.7 Å². The number of aryl methyl sites for hydroxylation is 1. The summed E-state index contributed by atoms with van der Waals surface area (Å²) in [5, 5.41) is 0. The molecule has 1 fully saturated rings. The van der Waals surface area contributed by atoms with Crippen LogP contribution in [0.5, 0.6) is 0 Å². The van der Waals surface area contributed by atoms with Gasteiger partial charge in [-0.15, -0.1) is 0 Å². The molecule has 27 heavy (non-hydrogen) atoms. The molecule has 4 rings (SSSR count). The normalized spacial score (nSPS) is 14.9. The summed E-state index contributed by atoms with van der Waals surface area (Å²) in [6.45, 7) is 2.03. The number of fused-ring (bicyclic) bond motifs is 1. The molecule has 9 heteroatoms. The van der Waals surface area contributed by atoms with Gasteiger partial charge in [0.25, 0.3) is 5.56 Å². The van der Waals surface area contributed by atoms with Crippen LogP contribution in [-0.4, -0.2) is 43.3 Å². The highest BCUT2D eigenvalue weighted by Gasteiger charge is 2.24. The van der Waals surface area contributed by atoms with Crippen LogP contribution >= 0.6 is 11.8 Å². The summed E-state index contributed by atoms with van der Waals surface area (Å²) in [6, 6.07) is 6.20. The number of thioether (sulfide) groups is 1. The van der Waals surface area contributed by atoms with Gasteiger partial charge in [0.2, 0.25) is 5.95 Å². The lowest BCUT2D eigenvalue weighted by Gasteiger charge is -2.27. The highest BCUT2D eigenvalue weighted by atomic mass is 32.2. The van der Waals surface area contributed by atoms with E-state index in [0.717, 1.165) is 34.7 Å². The Kier molecular flexibility index (Phi) is 4.55. The minimum absolute atomic E-state index is 0.305. The molecule has 3 heterocycles. The Bertz CT molecular complexity index is 1110. The van der Waals surface area contributed by atoms with E-state index < -0.39 is 5.69 Å². The number of nitrogens with zero attached hydrogens (tertiary/aromatic N) is 5. The zero-order valence-electron chi connectivity index (χ0n) is 15.2. The highest BCUT2D eigenvalue weighted by molar-refractivity contribution is 7.99. The average Bonchev–Trinajstić information content (AvgIpc) is 3.06. The van der Waals surface area contributed by atoms with Crippen molar-refractivity contribution in [3.63, 3.8) is 0 Å². The Morgan fingerprint density at radius 2 is 1.74 bits per heavy atom. The van der Waals surface area contributed by atoms with Gasteiger partial charge in [-0.3, -0.25) is 18.5 Å². The predicted molar refractivity (Wildman–Crippen MR) is 105 cm³/mol. The maximum Gasteiger partial charge on any atom is 0.332 e. The molecule has 1 aliphatic rings. The van der Waals surface area contributed by atoms with Gasteiger partial charge < -0.3 is 4.90 Å². The molecule has 0 bridgehead atoms. The third-order valence-electron chi connectivity index (χ3n) is 4.88. The van der Waals surface area contributed by atoms with Crippen LogP contribution < -0.4 is 16.1 Å². The van der Waals surface area contributed by atoms with Crippen molar-refractivity contribution in [2.75, 3.05) is 29.5 Å². The number of hydrogen-bond donors (Lipinski definition) is 0. The quantitative estimate of drug-likeness (QED) is 0.673. The van der Waals surface area contributed by atoms with Crippen LogP contribution in [0.15, 0.2) is 33.9 Å². The van der Waals surface area contributed by atoms with Crippen molar-refractivity contribution in [2.24, 2.45) is 14.1 Å². The SMILES string of the molecule is Cn1c(=O)c2c(nc(N3CCSCC3)n2Cc2ccc(F)cc2)n(C)c1=O. The van der Waals surface area contributed by atoms with Crippen LogP contribution in [0.3, 0.4) is 0 Å². The Hall–Kier alpha value is -2.55. The summed E-state index contributed by atoms with van der Waals surface area (Å²) < 4.78 is 17.6. The van der Waals surface area contributed by atoms with Crippen molar-refractivity contribution in [3.05, 3.63) is 56.5 Å². The Balaban J connectivity index is 1.95. The van der Waals surface area contributed by atoms with Crippen molar-refractivity contribution in [3.8, 4) is 0 Å². The minimum atomic E-state index is -0.403. The molecule has 7 nitrogen and oxygen atoms in total. The second-order valence-electron chi connectivity index (χ2n) is 6.60. The van der Waals surface area contributed by atoms with Crippen molar-refractivity contribution < 1.29 is 4.39 Å². The van der Waals surface area contributed by atoms with Crippen molar-refractivity contribution in [2.45, 2.75) is 6.54 Å². The molecule has 0 unspecified atom stereocenters. The molecule has 1 saturated heterocycles. The lowest BCUT2D eigenvalue weighted by Crippen LogP contribution is -2.38. The first-order valence-electron chi connectivity index (χ1n) is 8.71. The van der Waals surface area contributed by atoms with E-state index in [1.54, 1.807) is 19.2 Å². The Morgan fingerprint density at radius 3 is 2.41 bits per heavy atom. The van der Waals surface area contributed by atoms with E-state index in [2.05, 4.69) is 9.88 Å². The van der Waals surface area contributed by atoms with Gasteiger partial charge >= 0.3 is 5.69 Å². The van der Waals surface area contributed by atoms with Gasteiger partial charge in [-0.1, -0.05) is 12.1 Å². The molecule has 0 saturated carbocycles. The molecule has 0 radical (unpaired) electrons. The highest BCUT2D eigenvalue weighted by Crippen LogP contribution is 2.24. The second kappa shape index (κ2) is 6.88. The van der Waals surface area contributed by atoms with E-state index in [4.69, 9.17) is 0 Å². The van der Waals surface area contributed by atoms with Crippen LogP contribution in [0.25, 0.3) is 11.2 Å². The molecule has 0 spiro atoms. The van der Waals surface area contributed by atoms with E-state index in [-0.39, 0.29) is 11.4 Å². The fourth-order valence-electron chi connectivity index (χ4n) is 3.36. The van der Waals surface area contributed by atoms with E-state index >= 15 is 0 Å². The van der Waals surface area contributed by atoms with Crippen molar-refractivity contribution >= 4 is 28.9 Å². The molecule has 0 N–H and O–H groups in total. The van der Waals surface area contributed by atoms with Gasteiger partial charge in [-0.2, -0.15) is 16.7 Å². The summed E-state index contributed by atoms with van der Waals surface area (Å²) in [6.07, 6.45) is 0. The minimum Gasteiger partial charge on any atom is -0.341 e. The van der Waals surface area contributed by atoms with Crippen LogP contribution in [0, 0.1) is 5.82 Å². The lowest BCUT2D eigenvalue weighted by atomic mass is 10.2. The smallest absolute Gasteiger partial charge is 0.332 e. The Morgan fingerprint density at radius 1 is 1.07 bits per heavy atom. The first-order chi connectivity index (χ1) is 13.0. The van der Waals surface area contributed by atoms with E-state index in [1.165, 1.54) is 23.7 Å². The molecule has 142 valence electrons. The fraction of sp³-hybridized carbons (Fsp3) is 0.389. The summed E-state index contributed by atoms with van der Waals surface area (Å²) in [4.78, 5) is 32.0. The average molecular weight is 389 g/mol. The van der Waals surface area contributed by atoms with Gasteiger partial charge in [-0.25, -0.2) is 9.18 Å². The first-order valence-corrected chi connectivity index (χ1v) is 9.86. The summed E-state index contributed by atoms with van der Waals surface area (Å²) in [5.74, 6) is 2.33. The molecular formula is C18H20FN5O2S. The monoisotopic (exact) mass is 389 g/mol. The molecule has 3 aromatic rings. The third-order valence-corrected chi connectivity index (χ3v) is 5.82. The van der Waals surface area contributed by atoms with Gasteiger partial charge in [0.15, 0.2) is 11.2 Å². The zero-order valence-corrected chi connectivity index (χ0v) is 16.0. The number of benzene rings is 1. The van der Waals surface area contributed by atoms with Crippen molar-refractivity contribution in [1.82, 2.24) is 18.7 Å². The molecule has 0 amide bonds. The third kappa shape index (κ3) is 3.05. The summed E-state index contributed by atoms with van der Waals surface area (Å²) >= 11 is 1.88. The molecule has 1 aromatic carbocycles. The lowest BCUT2D eigenvalue weighted by molar-refractivity contribution is 0.626.